The average Bonchev–Trinajstić information content (AvgIpc) is 3.73. The summed E-state index contributed by atoms with van der Waals surface area (Å²) < 4.78 is 4.63. The van der Waals surface area contributed by atoms with Crippen LogP contribution in [0.1, 0.15) is 0 Å². The van der Waals surface area contributed by atoms with Gasteiger partial charge in [0.05, 0.1) is 33.3 Å². The molecule has 11 aromatic rings. The van der Waals surface area contributed by atoms with Crippen LogP contribution in [0.5, 0.6) is 0 Å². The Labute approximate surface area is 299 Å². The predicted octanol–water partition coefficient (Wildman–Crippen LogP) is 12.3. The summed E-state index contributed by atoms with van der Waals surface area (Å²) in [7, 11) is 0. The number of fused-ring (bicyclic) bond motifs is 9. The summed E-state index contributed by atoms with van der Waals surface area (Å²) in [6.45, 7) is 0. The zero-order valence-corrected chi connectivity index (χ0v) is 28.1. The molecule has 3 aromatic heterocycles. The van der Waals surface area contributed by atoms with Gasteiger partial charge in [0.25, 0.3) is 0 Å². The van der Waals surface area contributed by atoms with Gasteiger partial charge in [0.2, 0.25) is 5.95 Å². The highest BCUT2D eigenvalue weighted by atomic mass is 15.2. The molecule has 0 unspecified atom stereocenters. The maximum atomic E-state index is 5.26. The van der Waals surface area contributed by atoms with Gasteiger partial charge in [-0.25, -0.2) is 9.97 Å². The summed E-state index contributed by atoms with van der Waals surface area (Å²) in [5.41, 5.74) is 11.0. The van der Waals surface area contributed by atoms with Crippen molar-refractivity contribution in [2.24, 2.45) is 0 Å². The van der Waals surface area contributed by atoms with Gasteiger partial charge in [-0.05, 0) is 65.0 Å². The van der Waals surface area contributed by atoms with Gasteiger partial charge < -0.3 is 4.57 Å². The molecule has 11 rings (SSSR count). The van der Waals surface area contributed by atoms with E-state index >= 15 is 0 Å². The summed E-state index contributed by atoms with van der Waals surface area (Å²) in [4.78, 5) is 10.4. The molecule has 0 bridgehead atoms. The zero-order chi connectivity index (χ0) is 34.2. The normalized spacial score (nSPS) is 11.8. The van der Waals surface area contributed by atoms with Crippen molar-refractivity contribution in [1.82, 2.24) is 19.1 Å². The Kier molecular flexibility index (Phi) is 6.22. The van der Waals surface area contributed by atoms with Crippen molar-refractivity contribution in [3.05, 3.63) is 182 Å². The molecule has 0 aliphatic rings. The molecule has 52 heavy (non-hydrogen) atoms. The molecule has 0 radical (unpaired) electrons. The van der Waals surface area contributed by atoms with Gasteiger partial charge in [-0.2, -0.15) is 0 Å². The minimum absolute atomic E-state index is 0.666. The summed E-state index contributed by atoms with van der Waals surface area (Å²) in [5, 5.41) is 8.36. The van der Waals surface area contributed by atoms with Crippen LogP contribution < -0.4 is 0 Å². The lowest BCUT2D eigenvalue weighted by molar-refractivity contribution is 1.01. The molecule has 3 heterocycles. The van der Waals surface area contributed by atoms with Crippen molar-refractivity contribution in [2.75, 3.05) is 0 Å². The first-order valence-corrected chi connectivity index (χ1v) is 17.7. The summed E-state index contributed by atoms with van der Waals surface area (Å²) in [6.07, 6.45) is 0. The molecule has 0 amide bonds. The van der Waals surface area contributed by atoms with Gasteiger partial charge in [-0.15, -0.1) is 0 Å². The predicted molar refractivity (Wildman–Crippen MR) is 217 cm³/mol. The number of hydrogen-bond donors (Lipinski definition) is 0. The van der Waals surface area contributed by atoms with Crippen LogP contribution in [-0.2, 0) is 0 Å². The second kappa shape index (κ2) is 11.2. The van der Waals surface area contributed by atoms with E-state index < -0.39 is 0 Å². The van der Waals surface area contributed by atoms with Crippen LogP contribution in [0.4, 0.5) is 0 Å². The topological polar surface area (TPSA) is 35.6 Å². The van der Waals surface area contributed by atoms with Crippen LogP contribution >= 0.6 is 0 Å². The Morgan fingerprint density at radius 2 is 0.942 bits per heavy atom. The van der Waals surface area contributed by atoms with E-state index in [0.29, 0.717) is 5.95 Å². The van der Waals surface area contributed by atoms with Gasteiger partial charge in [0.1, 0.15) is 0 Å². The Morgan fingerprint density at radius 1 is 0.346 bits per heavy atom. The summed E-state index contributed by atoms with van der Waals surface area (Å²) in [5.74, 6) is 0.666. The number of hydrogen-bond acceptors (Lipinski definition) is 2. The van der Waals surface area contributed by atoms with E-state index in [-0.39, 0.29) is 0 Å². The number of benzene rings is 8. The molecule has 0 N–H and O–H groups in total. The van der Waals surface area contributed by atoms with E-state index in [9.17, 15) is 0 Å². The van der Waals surface area contributed by atoms with E-state index in [1.54, 1.807) is 0 Å². The van der Waals surface area contributed by atoms with Crippen molar-refractivity contribution in [1.29, 1.82) is 0 Å². The summed E-state index contributed by atoms with van der Waals surface area (Å²) in [6, 6.07) is 64.9. The van der Waals surface area contributed by atoms with Crippen molar-refractivity contribution in [3.63, 3.8) is 0 Å². The summed E-state index contributed by atoms with van der Waals surface area (Å²) >= 11 is 0. The Balaban J connectivity index is 1.13. The SMILES string of the molecule is c1ccc(-c2nc(-n3c4ccccc4c4cc(-c5ccc6c(c5)c5ccc7ccccc7c5n6-c5ccccc5)ccc43)nc3ccccc23)cc1. The lowest BCUT2D eigenvalue weighted by atomic mass is 10.00. The standard InChI is InChI=1S/C48H30N4/c1-3-14-32(15-4-1)46-39-20-9-11-21-42(39)49-48(50-46)52-43-22-12-10-19-37(43)40-29-33(25-28-45(40)52)34-24-27-44-41(30-34)38-26-23-31-13-7-8-18-36(31)47(38)51(44)35-16-5-2-6-17-35/h1-30H. The van der Waals surface area contributed by atoms with E-state index in [1.807, 2.05) is 12.1 Å². The molecule has 0 fully saturated rings. The highest BCUT2D eigenvalue weighted by Crippen LogP contribution is 2.40. The molecule has 0 saturated carbocycles. The van der Waals surface area contributed by atoms with Crippen LogP contribution in [0, 0.1) is 0 Å². The fraction of sp³-hybridized carbons (Fsp3) is 0. The van der Waals surface area contributed by atoms with Crippen LogP contribution in [0.2, 0.25) is 0 Å². The Hall–Kier alpha value is -7.04. The molecule has 0 aliphatic carbocycles. The minimum atomic E-state index is 0.666. The number of aromatic nitrogens is 4. The van der Waals surface area contributed by atoms with Crippen molar-refractivity contribution in [3.8, 4) is 34.0 Å². The highest BCUT2D eigenvalue weighted by Gasteiger charge is 2.19. The van der Waals surface area contributed by atoms with Crippen LogP contribution in [0.25, 0.3) is 99.3 Å². The van der Waals surface area contributed by atoms with E-state index in [4.69, 9.17) is 9.97 Å². The van der Waals surface area contributed by atoms with E-state index in [0.717, 1.165) is 38.9 Å². The monoisotopic (exact) mass is 662 g/mol. The quantitative estimate of drug-likeness (QED) is 0.188. The number of para-hydroxylation sites is 3. The molecule has 0 spiro atoms. The maximum Gasteiger partial charge on any atom is 0.235 e. The maximum absolute atomic E-state index is 5.26. The first-order chi connectivity index (χ1) is 25.8. The van der Waals surface area contributed by atoms with Gasteiger partial charge in [-0.3, -0.25) is 4.57 Å². The van der Waals surface area contributed by atoms with Crippen molar-refractivity contribution in [2.45, 2.75) is 0 Å². The number of nitrogens with zero attached hydrogens (tertiary/aromatic N) is 4. The molecule has 4 heteroatoms. The molecule has 8 aromatic carbocycles. The lowest BCUT2D eigenvalue weighted by Crippen LogP contribution is -2.03. The molecular formula is C48H30N4. The highest BCUT2D eigenvalue weighted by molar-refractivity contribution is 6.19. The smallest absolute Gasteiger partial charge is 0.235 e. The van der Waals surface area contributed by atoms with Crippen LogP contribution in [0.15, 0.2) is 182 Å². The van der Waals surface area contributed by atoms with Crippen LogP contribution in [0.3, 0.4) is 0 Å². The Morgan fingerprint density at radius 3 is 1.73 bits per heavy atom. The molecule has 0 saturated heterocycles. The second-order valence-corrected chi connectivity index (χ2v) is 13.4. The molecule has 242 valence electrons. The first kappa shape index (κ1) is 28.8. The van der Waals surface area contributed by atoms with Crippen molar-refractivity contribution >= 4 is 65.3 Å². The molecule has 4 nitrogen and oxygen atoms in total. The second-order valence-electron chi connectivity index (χ2n) is 13.4. The van der Waals surface area contributed by atoms with Gasteiger partial charge >= 0.3 is 0 Å². The van der Waals surface area contributed by atoms with Crippen LogP contribution in [-0.4, -0.2) is 19.1 Å². The fourth-order valence-electron chi connectivity index (χ4n) is 8.15. The Bertz CT molecular complexity index is 3170. The first-order valence-electron chi connectivity index (χ1n) is 17.7. The molecule has 0 aliphatic heterocycles. The average molecular weight is 663 g/mol. The van der Waals surface area contributed by atoms with Gasteiger partial charge in [0.15, 0.2) is 0 Å². The fourth-order valence-corrected chi connectivity index (χ4v) is 8.15. The van der Waals surface area contributed by atoms with Crippen molar-refractivity contribution < 1.29 is 0 Å². The van der Waals surface area contributed by atoms with E-state index in [2.05, 4.69) is 179 Å². The van der Waals surface area contributed by atoms with Gasteiger partial charge in [-0.1, -0.05) is 133 Å². The van der Waals surface area contributed by atoms with Gasteiger partial charge in [0, 0.05) is 43.6 Å². The molecular weight excluding hydrogens is 633 g/mol. The third-order valence-corrected chi connectivity index (χ3v) is 10.5. The minimum Gasteiger partial charge on any atom is -0.309 e. The third kappa shape index (κ3) is 4.28. The number of rotatable bonds is 4. The van der Waals surface area contributed by atoms with E-state index in [1.165, 1.54) is 54.5 Å². The third-order valence-electron chi connectivity index (χ3n) is 10.5. The zero-order valence-electron chi connectivity index (χ0n) is 28.1. The molecule has 0 atom stereocenters. The lowest BCUT2D eigenvalue weighted by Gasteiger charge is -2.12. The largest absolute Gasteiger partial charge is 0.309 e.